The second-order valence-electron chi connectivity index (χ2n) is 6.06. The van der Waals surface area contributed by atoms with Gasteiger partial charge in [-0.05, 0) is 50.6 Å². The molecule has 0 saturated carbocycles. The van der Waals surface area contributed by atoms with Gasteiger partial charge in [-0.2, -0.15) is 0 Å². The molecule has 2 rings (SSSR count). The summed E-state index contributed by atoms with van der Waals surface area (Å²) in [5.74, 6) is -1.04. The summed E-state index contributed by atoms with van der Waals surface area (Å²) < 4.78 is 0. The number of hydrogen-bond acceptors (Lipinski definition) is 4. The van der Waals surface area contributed by atoms with Crippen LogP contribution in [-0.2, 0) is 9.59 Å². The fourth-order valence-corrected chi connectivity index (χ4v) is 2.72. The quantitative estimate of drug-likeness (QED) is 0.596. The third-order valence-corrected chi connectivity index (χ3v) is 3.74. The van der Waals surface area contributed by atoms with E-state index in [2.05, 4.69) is 16.0 Å². The van der Waals surface area contributed by atoms with Crippen LogP contribution in [0.2, 0.25) is 0 Å². The second-order valence-corrected chi connectivity index (χ2v) is 6.06. The number of hydrogen-bond donors (Lipinski definition) is 4. The summed E-state index contributed by atoms with van der Waals surface area (Å²) in [6.07, 6.45) is 3.34. The van der Waals surface area contributed by atoms with Gasteiger partial charge in [-0.15, -0.1) is 0 Å². The molecule has 1 saturated heterocycles. The summed E-state index contributed by atoms with van der Waals surface area (Å²) in [5, 5.41) is 18.2. The van der Waals surface area contributed by atoms with Crippen LogP contribution < -0.4 is 16.0 Å². The highest BCUT2D eigenvalue weighted by Crippen LogP contribution is 2.19. The highest BCUT2D eigenvalue weighted by Gasteiger charge is 2.41. The molecule has 23 heavy (non-hydrogen) atoms. The second kappa shape index (κ2) is 7.39. The maximum atomic E-state index is 12.7. The summed E-state index contributed by atoms with van der Waals surface area (Å²) in [4.78, 5) is 23.2. The van der Waals surface area contributed by atoms with Gasteiger partial charge in [0.25, 0.3) is 0 Å². The van der Waals surface area contributed by atoms with Gasteiger partial charge in [-0.1, -0.05) is 12.1 Å². The number of amides is 1. The van der Waals surface area contributed by atoms with E-state index in [-0.39, 0.29) is 11.9 Å². The van der Waals surface area contributed by atoms with Gasteiger partial charge in [0.15, 0.2) is 0 Å². The number of benzene rings is 1. The molecule has 0 bridgehead atoms. The lowest BCUT2D eigenvalue weighted by Gasteiger charge is -2.30. The predicted octanol–water partition coefficient (Wildman–Crippen LogP) is 1.45. The Kier molecular flexibility index (Phi) is 5.52. The van der Waals surface area contributed by atoms with Crippen molar-refractivity contribution in [2.45, 2.75) is 31.8 Å². The molecule has 1 aromatic rings. The Bertz CT molecular complexity index is 588. The van der Waals surface area contributed by atoms with Crippen molar-refractivity contribution in [2.75, 3.05) is 18.4 Å². The molecule has 0 aromatic heterocycles. The van der Waals surface area contributed by atoms with Gasteiger partial charge in [-0.3, -0.25) is 10.1 Å². The topological polar surface area (TPSA) is 90.5 Å². The average Bonchev–Trinajstić information content (AvgIpc) is 2.95. The van der Waals surface area contributed by atoms with Crippen molar-refractivity contribution in [2.24, 2.45) is 0 Å². The van der Waals surface area contributed by atoms with E-state index in [0.717, 1.165) is 24.6 Å². The van der Waals surface area contributed by atoms with Crippen LogP contribution in [0.4, 0.5) is 5.69 Å². The van der Waals surface area contributed by atoms with Crippen LogP contribution in [0.25, 0.3) is 6.08 Å². The number of nitrogens with one attached hydrogen (secondary N) is 3. The van der Waals surface area contributed by atoms with Crippen LogP contribution >= 0.6 is 0 Å². The number of carboxylic acids is 1. The Morgan fingerprint density at radius 3 is 2.52 bits per heavy atom. The zero-order chi connectivity index (χ0) is 16.9. The lowest BCUT2D eigenvalue weighted by Crippen LogP contribution is -2.58. The highest BCUT2D eigenvalue weighted by atomic mass is 16.4. The Hall–Kier alpha value is -2.18. The van der Waals surface area contributed by atoms with Gasteiger partial charge in [-0.25, -0.2) is 4.79 Å². The van der Waals surface area contributed by atoms with Gasteiger partial charge >= 0.3 is 5.97 Å². The molecule has 0 radical (unpaired) electrons. The first-order chi connectivity index (χ1) is 10.9. The fraction of sp³-hybridized carbons (Fsp3) is 0.412. The van der Waals surface area contributed by atoms with Gasteiger partial charge in [0.05, 0.1) is 0 Å². The van der Waals surface area contributed by atoms with E-state index in [4.69, 9.17) is 5.11 Å². The van der Waals surface area contributed by atoms with E-state index >= 15 is 0 Å². The van der Waals surface area contributed by atoms with E-state index in [0.29, 0.717) is 12.2 Å². The van der Waals surface area contributed by atoms with Gasteiger partial charge in [0.1, 0.15) is 5.54 Å². The molecule has 124 valence electrons. The molecule has 0 spiro atoms. The van der Waals surface area contributed by atoms with Crippen molar-refractivity contribution in [1.29, 1.82) is 0 Å². The summed E-state index contributed by atoms with van der Waals surface area (Å²) in [6.45, 7) is 5.47. The number of carbonyl (C=O) groups is 2. The molecule has 1 heterocycles. The molecule has 1 aromatic carbocycles. The number of aliphatic carboxylic acids is 1. The molecule has 6 nitrogen and oxygen atoms in total. The van der Waals surface area contributed by atoms with Crippen LogP contribution in [0.15, 0.2) is 30.3 Å². The van der Waals surface area contributed by atoms with E-state index in [1.807, 2.05) is 13.8 Å². The number of carbonyl (C=O) groups excluding carboxylic acids is 1. The molecule has 6 heteroatoms. The molecule has 1 fully saturated rings. The summed E-state index contributed by atoms with van der Waals surface area (Å²) in [7, 11) is 0. The van der Waals surface area contributed by atoms with Crippen molar-refractivity contribution in [3.63, 3.8) is 0 Å². The Balaban J connectivity index is 2.05. The van der Waals surface area contributed by atoms with E-state index in [1.54, 1.807) is 24.3 Å². The molecule has 1 aliphatic heterocycles. The standard InChI is InChI=1S/C17H23N3O3/c1-12(2)20-17(9-10-18-11-17)16(23)19-14-6-3-13(4-7-14)5-8-15(21)22/h3-8,12,18,20H,9-11H2,1-2H3,(H,19,23)(H,21,22)/b8-5+/t17-/m0/s1. The Labute approximate surface area is 136 Å². The minimum Gasteiger partial charge on any atom is -0.478 e. The molecule has 0 unspecified atom stereocenters. The smallest absolute Gasteiger partial charge is 0.328 e. The number of rotatable bonds is 6. The molecule has 1 atom stereocenters. The molecule has 0 aliphatic carbocycles. The van der Waals surface area contributed by atoms with Crippen LogP contribution in [0.3, 0.4) is 0 Å². The zero-order valence-corrected chi connectivity index (χ0v) is 13.4. The Morgan fingerprint density at radius 1 is 1.30 bits per heavy atom. The minimum absolute atomic E-state index is 0.0509. The normalized spacial score (nSPS) is 21.0. The van der Waals surface area contributed by atoms with Gasteiger partial charge in [0, 0.05) is 24.4 Å². The average molecular weight is 317 g/mol. The Morgan fingerprint density at radius 2 is 2.00 bits per heavy atom. The van der Waals surface area contributed by atoms with Crippen molar-refractivity contribution in [1.82, 2.24) is 10.6 Å². The molecule has 1 aliphatic rings. The van der Waals surface area contributed by atoms with Gasteiger partial charge in [0.2, 0.25) is 5.91 Å². The maximum absolute atomic E-state index is 12.7. The van der Waals surface area contributed by atoms with Crippen LogP contribution in [0, 0.1) is 0 Å². The fourth-order valence-electron chi connectivity index (χ4n) is 2.72. The largest absolute Gasteiger partial charge is 0.478 e. The van der Waals surface area contributed by atoms with Crippen LogP contribution in [0.5, 0.6) is 0 Å². The highest BCUT2D eigenvalue weighted by molar-refractivity contribution is 5.98. The summed E-state index contributed by atoms with van der Waals surface area (Å²) in [6, 6.07) is 7.29. The molecular formula is C17H23N3O3. The lowest BCUT2D eigenvalue weighted by atomic mass is 9.96. The zero-order valence-electron chi connectivity index (χ0n) is 13.4. The first-order valence-corrected chi connectivity index (χ1v) is 7.72. The van der Waals surface area contributed by atoms with Crippen molar-refractivity contribution in [3.8, 4) is 0 Å². The SMILES string of the molecule is CC(C)N[C@@]1(C(=O)Nc2ccc(/C=C/C(=O)O)cc2)CCNC1. The first-order valence-electron chi connectivity index (χ1n) is 7.72. The van der Waals surface area contributed by atoms with Crippen molar-refractivity contribution in [3.05, 3.63) is 35.9 Å². The lowest BCUT2D eigenvalue weighted by molar-refractivity contribution is -0.131. The third kappa shape index (κ3) is 4.64. The van der Waals surface area contributed by atoms with E-state index < -0.39 is 11.5 Å². The monoisotopic (exact) mass is 317 g/mol. The molecular weight excluding hydrogens is 294 g/mol. The number of anilines is 1. The maximum Gasteiger partial charge on any atom is 0.328 e. The van der Waals surface area contributed by atoms with Crippen molar-refractivity contribution < 1.29 is 14.7 Å². The first kappa shape index (κ1) is 17.2. The molecule has 4 N–H and O–H groups in total. The van der Waals surface area contributed by atoms with Crippen molar-refractivity contribution >= 4 is 23.6 Å². The van der Waals surface area contributed by atoms with Gasteiger partial charge < -0.3 is 15.7 Å². The third-order valence-electron chi connectivity index (χ3n) is 3.74. The summed E-state index contributed by atoms with van der Waals surface area (Å²) >= 11 is 0. The van der Waals surface area contributed by atoms with E-state index in [9.17, 15) is 9.59 Å². The summed E-state index contributed by atoms with van der Waals surface area (Å²) in [5.41, 5.74) is 0.873. The minimum atomic E-state index is -0.988. The van der Waals surface area contributed by atoms with Crippen LogP contribution in [0.1, 0.15) is 25.8 Å². The predicted molar refractivity (Wildman–Crippen MR) is 90.2 cm³/mol. The van der Waals surface area contributed by atoms with E-state index in [1.165, 1.54) is 6.08 Å². The molecule has 1 amide bonds. The number of carboxylic acid groups (broad SMARTS) is 1. The van der Waals surface area contributed by atoms with Crippen LogP contribution in [-0.4, -0.2) is 41.7 Å².